The maximum atomic E-state index is 12.0. The third-order valence-electron chi connectivity index (χ3n) is 3.90. The molecule has 0 heterocycles. The number of carbonyl (C=O) groups is 1. The highest BCUT2D eigenvalue weighted by molar-refractivity contribution is 5.76. The minimum Gasteiger partial charge on any atom is -0.465 e. The molecule has 0 aromatic carbocycles. The second kappa shape index (κ2) is 6.39. The summed E-state index contributed by atoms with van der Waals surface area (Å²) < 4.78 is 5.23. The van der Waals surface area contributed by atoms with Crippen molar-refractivity contribution >= 4 is 5.97 Å². The van der Waals surface area contributed by atoms with Gasteiger partial charge in [0.15, 0.2) is 0 Å². The molecule has 2 aliphatic carbocycles. The van der Waals surface area contributed by atoms with Gasteiger partial charge in [0.05, 0.1) is 6.61 Å². The third kappa shape index (κ3) is 3.98. The van der Waals surface area contributed by atoms with E-state index in [-0.39, 0.29) is 12.0 Å². The summed E-state index contributed by atoms with van der Waals surface area (Å²) >= 11 is 0. The van der Waals surface area contributed by atoms with Crippen LogP contribution in [0.3, 0.4) is 0 Å². The van der Waals surface area contributed by atoms with Crippen molar-refractivity contribution in [1.82, 2.24) is 5.32 Å². The first-order valence-electron chi connectivity index (χ1n) is 7.24. The minimum absolute atomic E-state index is 0.0219. The molecule has 3 nitrogen and oxygen atoms in total. The van der Waals surface area contributed by atoms with E-state index in [1.807, 2.05) is 6.92 Å². The fourth-order valence-electron chi connectivity index (χ4n) is 2.78. The summed E-state index contributed by atoms with van der Waals surface area (Å²) in [7, 11) is 0. The fraction of sp³-hybridized carbons (Fsp3) is 0.929. The van der Waals surface area contributed by atoms with E-state index in [4.69, 9.17) is 4.74 Å². The van der Waals surface area contributed by atoms with Gasteiger partial charge in [0.2, 0.25) is 0 Å². The monoisotopic (exact) mass is 239 g/mol. The summed E-state index contributed by atoms with van der Waals surface area (Å²) in [6.07, 6.45) is 10.0. The lowest BCUT2D eigenvalue weighted by Gasteiger charge is -2.25. The van der Waals surface area contributed by atoms with Crippen molar-refractivity contribution in [2.75, 3.05) is 6.61 Å². The highest BCUT2D eigenvalue weighted by atomic mass is 16.5. The number of hydrogen-bond acceptors (Lipinski definition) is 3. The molecule has 0 spiro atoms. The summed E-state index contributed by atoms with van der Waals surface area (Å²) in [5.41, 5.74) is 0. The molecule has 0 aromatic rings. The zero-order valence-electron chi connectivity index (χ0n) is 10.9. The van der Waals surface area contributed by atoms with Gasteiger partial charge in [-0.25, -0.2) is 0 Å². The van der Waals surface area contributed by atoms with E-state index in [2.05, 4.69) is 5.32 Å². The van der Waals surface area contributed by atoms with Gasteiger partial charge in [0, 0.05) is 6.04 Å². The number of rotatable bonds is 5. The summed E-state index contributed by atoms with van der Waals surface area (Å²) in [4.78, 5) is 12.0. The Balaban J connectivity index is 1.93. The second-order valence-corrected chi connectivity index (χ2v) is 5.42. The summed E-state index contributed by atoms with van der Waals surface area (Å²) in [5.74, 6) is 0.475. The quantitative estimate of drug-likeness (QED) is 0.592. The average molecular weight is 239 g/mol. The van der Waals surface area contributed by atoms with Gasteiger partial charge in [0.25, 0.3) is 0 Å². The number of ether oxygens (including phenoxy) is 1. The standard InChI is InChI=1S/C14H25NO2/c1-2-17-14(16)13(15-12-9-10-12)11-7-5-3-4-6-8-11/h11-13,15H,2-10H2,1H3. The molecule has 0 bridgehead atoms. The van der Waals surface area contributed by atoms with Crippen molar-refractivity contribution in [2.45, 2.75) is 70.4 Å². The Bertz CT molecular complexity index is 243. The topological polar surface area (TPSA) is 38.3 Å². The molecule has 0 amide bonds. The summed E-state index contributed by atoms with van der Waals surface area (Å²) in [6.45, 7) is 2.38. The highest BCUT2D eigenvalue weighted by Crippen LogP contribution is 2.29. The summed E-state index contributed by atoms with van der Waals surface area (Å²) in [5, 5.41) is 3.50. The van der Waals surface area contributed by atoms with Crippen LogP contribution in [0.15, 0.2) is 0 Å². The van der Waals surface area contributed by atoms with E-state index in [0.29, 0.717) is 18.6 Å². The maximum absolute atomic E-state index is 12.0. The van der Waals surface area contributed by atoms with Crippen molar-refractivity contribution in [3.05, 3.63) is 0 Å². The van der Waals surface area contributed by atoms with Crippen LogP contribution in [0.25, 0.3) is 0 Å². The Kier molecular flexibility index (Phi) is 4.84. The zero-order chi connectivity index (χ0) is 12.1. The molecule has 0 saturated heterocycles. The van der Waals surface area contributed by atoms with E-state index in [0.717, 1.165) is 0 Å². The SMILES string of the molecule is CCOC(=O)C(NC1CC1)C1CCCCCC1. The summed E-state index contributed by atoms with van der Waals surface area (Å²) in [6, 6.07) is 0.535. The lowest BCUT2D eigenvalue weighted by Crippen LogP contribution is -2.45. The van der Waals surface area contributed by atoms with Crippen LogP contribution in [0.2, 0.25) is 0 Å². The van der Waals surface area contributed by atoms with E-state index < -0.39 is 0 Å². The molecular formula is C14H25NO2. The largest absolute Gasteiger partial charge is 0.465 e. The Morgan fingerprint density at radius 2 is 1.82 bits per heavy atom. The molecule has 1 N–H and O–H groups in total. The molecule has 0 aliphatic heterocycles. The van der Waals surface area contributed by atoms with Crippen LogP contribution in [-0.4, -0.2) is 24.7 Å². The highest BCUT2D eigenvalue weighted by Gasteiger charge is 2.34. The molecule has 1 unspecified atom stereocenters. The third-order valence-corrected chi connectivity index (χ3v) is 3.90. The van der Waals surface area contributed by atoms with Crippen LogP contribution in [0, 0.1) is 5.92 Å². The van der Waals surface area contributed by atoms with Crippen LogP contribution in [0.4, 0.5) is 0 Å². The molecule has 2 aliphatic rings. The smallest absolute Gasteiger partial charge is 0.323 e. The molecule has 2 fully saturated rings. The number of nitrogens with one attached hydrogen (secondary N) is 1. The molecule has 98 valence electrons. The number of carbonyl (C=O) groups excluding carboxylic acids is 1. The molecule has 3 heteroatoms. The Labute approximate surface area is 104 Å². The molecule has 17 heavy (non-hydrogen) atoms. The van der Waals surface area contributed by atoms with Crippen molar-refractivity contribution in [1.29, 1.82) is 0 Å². The van der Waals surface area contributed by atoms with Crippen LogP contribution in [0.5, 0.6) is 0 Å². The van der Waals surface area contributed by atoms with Gasteiger partial charge in [-0.05, 0) is 38.5 Å². The van der Waals surface area contributed by atoms with Gasteiger partial charge < -0.3 is 10.1 Å². The van der Waals surface area contributed by atoms with E-state index in [1.54, 1.807) is 0 Å². The molecule has 0 aromatic heterocycles. The predicted molar refractivity (Wildman–Crippen MR) is 67.8 cm³/mol. The lowest BCUT2D eigenvalue weighted by molar-refractivity contribution is -0.147. The molecule has 0 radical (unpaired) electrons. The first-order valence-corrected chi connectivity index (χ1v) is 7.24. The van der Waals surface area contributed by atoms with Crippen LogP contribution >= 0.6 is 0 Å². The van der Waals surface area contributed by atoms with Crippen LogP contribution < -0.4 is 5.32 Å². The van der Waals surface area contributed by atoms with Crippen molar-refractivity contribution in [3.8, 4) is 0 Å². The molecule has 1 atom stereocenters. The van der Waals surface area contributed by atoms with Gasteiger partial charge in [-0.1, -0.05) is 25.7 Å². The van der Waals surface area contributed by atoms with Crippen molar-refractivity contribution in [2.24, 2.45) is 5.92 Å². The van der Waals surface area contributed by atoms with Crippen LogP contribution in [0.1, 0.15) is 58.3 Å². The second-order valence-electron chi connectivity index (χ2n) is 5.42. The molecular weight excluding hydrogens is 214 g/mol. The fourth-order valence-corrected chi connectivity index (χ4v) is 2.78. The first kappa shape index (κ1) is 12.9. The normalized spacial score (nSPS) is 24.1. The average Bonchev–Trinajstić information content (AvgIpc) is 3.13. The van der Waals surface area contributed by atoms with E-state index in [1.165, 1.54) is 51.4 Å². The Morgan fingerprint density at radius 1 is 1.18 bits per heavy atom. The Hall–Kier alpha value is -0.570. The van der Waals surface area contributed by atoms with Crippen molar-refractivity contribution in [3.63, 3.8) is 0 Å². The van der Waals surface area contributed by atoms with Gasteiger partial charge in [-0.15, -0.1) is 0 Å². The van der Waals surface area contributed by atoms with Gasteiger partial charge >= 0.3 is 5.97 Å². The number of hydrogen-bond donors (Lipinski definition) is 1. The maximum Gasteiger partial charge on any atom is 0.323 e. The molecule has 2 rings (SSSR count). The van der Waals surface area contributed by atoms with Gasteiger partial charge in [0.1, 0.15) is 6.04 Å². The van der Waals surface area contributed by atoms with Crippen molar-refractivity contribution < 1.29 is 9.53 Å². The number of esters is 1. The first-order chi connectivity index (χ1) is 8.31. The predicted octanol–water partition coefficient (Wildman–Crippen LogP) is 2.64. The lowest BCUT2D eigenvalue weighted by atomic mass is 9.91. The van der Waals surface area contributed by atoms with Gasteiger partial charge in [-0.2, -0.15) is 0 Å². The van der Waals surface area contributed by atoms with Crippen LogP contribution in [-0.2, 0) is 9.53 Å². The zero-order valence-corrected chi connectivity index (χ0v) is 10.9. The molecule has 2 saturated carbocycles. The van der Waals surface area contributed by atoms with E-state index >= 15 is 0 Å². The Morgan fingerprint density at radius 3 is 2.35 bits per heavy atom. The van der Waals surface area contributed by atoms with Gasteiger partial charge in [-0.3, -0.25) is 4.79 Å². The minimum atomic E-state index is -0.0412. The van der Waals surface area contributed by atoms with E-state index in [9.17, 15) is 4.79 Å².